The first kappa shape index (κ1) is 16.8. The standard InChI is InChI=1S/C14H27N3O3/c1-4-6-14(7-5-2,12(15)16-19)13(18)17-8-9-20-10-11(17)3/h11,19H,4-10H2,1-3H3,(H2,15,16). The second-order valence-electron chi connectivity index (χ2n) is 5.49. The lowest BCUT2D eigenvalue weighted by atomic mass is 9.76. The van der Waals surface area contributed by atoms with Gasteiger partial charge in [0.2, 0.25) is 5.91 Å². The third kappa shape index (κ3) is 3.23. The summed E-state index contributed by atoms with van der Waals surface area (Å²) in [4.78, 5) is 14.8. The van der Waals surface area contributed by atoms with E-state index in [-0.39, 0.29) is 17.8 Å². The van der Waals surface area contributed by atoms with Crippen LogP contribution in [0.3, 0.4) is 0 Å². The molecule has 0 radical (unpaired) electrons. The van der Waals surface area contributed by atoms with Crippen LogP contribution in [0.5, 0.6) is 0 Å². The Morgan fingerprint density at radius 1 is 1.45 bits per heavy atom. The number of hydrogen-bond donors (Lipinski definition) is 2. The van der Waals surface area contributed by atoms with Gasteiger partial charge in [-0.1, -0.05) is 31.8 Å². The summed E-state index contributed by atoms with van der Waals surface area (Å²) in [6.45, 7) is 7.62. The third-order valence-corrected chi connectivity index (χ3v) is 3.99. The molecule has 0 bridgehead atoms. The molecule has 6 heteroatoms. The monoisotopic (exact) mass is 285 g/mol. The average Bonchev–Trinajstić information content (AvgIpc) is 2.45. The highest BCUT2D eigenvalue weighted by atomic mass is 16.5. The number of amidine groups is 1. The molecule has 0 saturated carbocycles. The summed E-state index contributed by atoms with van der Waals surface area (Å²) in [5, 5.41) is 12.3. The molecule has 1 heterocycles. The van der Waals surface area contributed by atoms with Crippen molar-refractivity contribution in [3.8, 4) is 0 Å². The van der Waals surface area contributed by atoms with Crippen molar-refractivity contribution in [3.63, 3.8) is 0 Å². The maximum atomic E-state index is 13.0. The van der Waals surface area contributed by atoms with Gasteiger partial charge in [-0.05, 0) is 19.8 Å². The second kappa shape index (κ2) is 7.47. The van der Waals surface area contributed by atoms with Crippen LogP contribution in [0.1, 0.15) is 46.5 Å². The lowest BCUT2D eigenvalue weighted by Gasteiger charge is -2.41. The molecular weight excluding hydrogens is 258 g/mol. The van der Waals surface area contributed by atoms with E-state index >= 15 is 0 Å². The molecular formula is C14H27N3O3. The number of carbonyl (C=O) groups excluding carboxylic acids is 1. The Hall–Kier alpha value is -1.30. The van der Waals surface area contributed by atoms with Gasteiger partial charge in [-0.2, -0.15) is 0 Å². The zero-order valence-electron chi connectivity index (χ0n) is 12.8. The van der Waals surface area contributed by atoms with Crippen molar-refractivity contribution in [3.05, 3.63) is 0 Å². The van der Waals surface area contributed by atoms with Crippen LogP contribution in [-0.2, 0) is 9.53 Å². The number of amides is 1. The fraction of sp³-hybridized carbons (Fsp3) is 0.857. The summed E-state index contributed by atoms with van der Waals surface area (Å²) in [6, 6.07) is 0.0239. The summed E-state index contributed by atoms with van der Waals surface area (Å²) < 4.78 is 5.38. The van der Waals surface area contributed by atoms with E-state index in [1.54, 1.807) is 0 Å². The maximum Gasteiger partial charge on any atom is 0.236 e. The number of nitrogens with zero attached hydrogens (tertiary/aromatic N) is 2. The highest BCUT2D eigenvalue weighted by molar-refractivity contribution is 6.06. The van der Waals surface area contributed by atoms with E-state index < -0.39 is 5.41 Å². The van der Waals surface area contributed by atoms with Crippen molar-refractivity contribution in [2.24, 2.45) is 16.3 Å². The molecule has 1 aliphatic heterocycles. The molecule has 1 amide bonds. The van der Waals surface area contributed by atoms with Gasteiger partial charge in [-0.15, -0.1) is 0 Å². The van der Waals surface area contributed by atoms with Crippen LogP contribution in [0.25, 0.3) is 0 Å². The normalized spacial score (nSPS) is 21.1. The summed E-state index contributed by atoms with van der Waals surface area (Å²) in [5.41, 5.74) is 5.01. The van der Waals surface area contributed by atoms with Crippen LogP contribution in [0.15, 0.2) is 5.16 Å². The molecule has 1 rings (SSSR count). The minimum absolute atomic E-state index is 0.0239. The van der Waals surface area contributed by atoms with Crippen LogP contribution in [0.2, 0.25) is 0 Å². The Morgan fingerprint density at radius 3 is 2.50 bits per heavy atom. The molecule has 0 aromatic rings. The van der Waals surface area contributed by atoms with Crippen molar-refractivity contribution < 1.29 is 14.7 Å². The summed E-state index contributed by atoms with van der Waals surface area (Å²) in [7, 11) is 0. The van der Waals surface area contributed by atoms with Gasteiger partial charge in [0, 0.05) is 6.54 Å². The topological polar surface area (TPSA) is 88.2 Å². The molecule has 0 spiro atoms. The molecule has 116 valence electrons. The predicted molar refractivity (Wildman–Crippen MR) is 77.7 cm³/mol. The summed E-state index contributed by atoms with van der Waals surface area (Å²) in [6.07, 6.45) is 2.81. The van der Waals surface area contributed by atoms with Crippen LogP contribution in [0, 0.1) is 5.41 Å². The van der Waals surface area contributed by atoms with Crippen molar-refractivity contribution in [1.82, 2.24) is 4.90 Å². The fourth-order valence-electron chi connectivity index (χ4n) is 2.96. The summed E-state index contributed by atoms with van der Waals surface area (Å²) in [5.74, 6) is -0.00260. The van der Waals surface area contributed by atoms with E-state index in [1.165, 1.54) is 0 Å². The molecule has 1 atom stereocenters. The van der Waals surface area contributed by atoms with Gasteiger partial charge in [0.1, 0.15) is 5.41 Å². The number of ether oxygens (including phenoxy) is 1. The number of morpholine rings is 1. The van der Waals surface area contributed by atoms with E-state index in [0.717, 1.165) is 12.8 Å². The molecule has 0 aliphatic carbocycles. The van der Waals surface area contributed by atoms with E-state index in [2.05, 4.69) is 5.16 Å². The first-order valence-corrected chi connectivity index (χ1v) is 7.40. The maximum absolute atomic E-state index is 13.0. The zero-order chi connectivity index (χ0) is 15.2. The Balaban J connectivity index is 3.10. The first-order chi connectivity index (χ1) is 9.53. The van der Waals surface area contributed by atoms with Crippen molar-refractivity contribution in [2.75, 3.05) is 19.8 Å². The Bertz CT molecular complexity index is 352. The molecule has 6 nitrogen and oxygen atoms in total. The second-order valence-corrected chi connectivity index (χ2v) is 5.49. The number of rotatable bonds is 6. The van der Waals surface area contributed by atoms with Crippen LogP contribution in [0.4, 0.5) is 0 Å². The smallest absolute Gasteiger partial charge is 0.236 e. The van der Waals surface area contributed by atoms with Gasteiger partial charge in [-0.25, -0.2) is 0 Å². The van der Waals surface area contributed by atoms with Crippen LogP contribution in [-0.4, -0.2) is 47.7 Å². The highest BCUT2D eigenvalue weighted by Crippen LogP contribution is 2.34. The highest BCUT2D eigenvalue weighted by Gasteiger charge is 2.45. The summed E-state index contributed by atoms with van der Waals surface area (Å²) >= 11 is 0. The SMILES string of the molecule is CCCC(CCC)(C(=O)N1CCOCC1C)C(N)=NO. The van der Waals surface area contributed by atoms with Crippen LogP contribution < -0.4 is 5.73 Å². The lowest BCUT2D eigenvalue weighted by Crippen LogP contribution is -2.57. The number of hydrogen-bond acceptors (Lipinski definition) is 4. The van der Waals surface area contributed by atoms with Gasteiger partial charge >= 0.3 is 0 Å². The quantitative estimate of drug-likeness (QED) is 0.335. The van der Waals surface area contributed by atoms with Gasteiger partial charge < -0.3 is 20.6 Å². The number of carbonyl (C=O) groups is 1. The van der Waals surface area contributed by atoms with Crippen LogP contribution >= 0.6 is 0 Å². The Kier molecular flexibility index (Phi) is 6.26. The number of nitrogens with two attached hydrogens (primary N) is 1. The minimum atomic E-state index is -0.885. The molecule has 3 N–H and O–H groups in total. The largest absolute Gasteiger partial charge is 0.409 e. The average molecular weight is 285 g/mol. The molecule has 0 aromatic heterocycles. The fourth-order valence-corrected chi connectivity index (χ4v) is 2.96. The van der Waals surface area contributed by atoms with Crippen molar-refractivity contribution in [2.45, 2.75) is 52.5 Å². The Morgan fingerprint density at radius 2 is 2.05 bits per heavy atom. The predicted octanol–water partition coefficient (Wildman–Crippen LogP) is 1.57. The van der Waals surface area contributed by atoms with Gasteiger partial charge in [0.25, 0.3) is 0 Å². The third-order valence-electron chi connectivity index (χ3n) is 3.99. The van der Waals surface area contributed by atoms with Crippen molar-refractivity contribution >= 4 is 11.7 Å². The molecule has 1 unspecified atom stereocenters. The van der Waals surface area contributed by atoms with Gasteiger partial charge in [0.05, 0.1) is 19.3 Å². The molecule has 1 saturated heterocycles. The number of oxime groups is 1. The lowest BCUT2D eigenvalue weighted by molar-refractivity contribution is -0.147. The zero-order valence-corrected chi connectivity index (χ0v) is 12.8. The van der Waals surface area contributed by atoms with Gasteiger partial charge in [-0.3, -0.25) is 4.79 Å². The molecule has 0 aromatic carbocycles. The Labute approximate surface area is 120 Å². The molecule has 1 fully saturated rings. The molecule has 20 heavy (non-hydrogen) atoms. The van der Waals surface area contributed by atoms with Gasteiger partial charge in [0.15, 0.2) is 5.84 Å². The van der Waals surface area contributed by atoms with E-state index in [0.29, 0.717) is 32.6 Å². The molecule has 1 aliphatic rings. The first-order valence-electron chi connectivity index (χ1n) is 7.40. The minimum Gasteiger partial charge on any atom is -0.409 e. The van der Waals surface area contributed by atoms with Crippen molar-refractivity contribution in [1.29, 1.82) is 0 Å². The van der Waals surface area contributed by atoms with E-state index in [1.807, 2.05) is 25.7 Å². The van der Waals surface area contributed by atoms with E-state index in [4.69, 9.17) is 15.7 Å². The van der Waals surface area contributed by atoms with E-state index in [9.17, 15) is 4.79 Å².